The van der Waals surface area contributed by atoms with E-state index < -0.39 is 13.0 Å². The molecular weight excluding hydrogens is 135 g/mol. The van der Waals surface area contributed by atoms with Crippen LogP contribution in [-0.4, -0.2) is 6.36 Å². The molecule has 0 bridgehead atoms. The summed E-state index contributed by atoms with van der Waals surface area (Å²) in [5.74, 6) is 0. The lowest BCUT2D eigenvalue weighted by molar-refractivity contribution is -0.346. The van der Waals surface area contributed by atoms with Crippen molar-refractivity contribution in [3.8, 4) is 0 Å². The van der Waals surface area contributed by atoms with Crippen molar-refractivity contribution in [1.29, 1.82) is 0 Å². The fraction of sp³-hybridized carbons (Fsp3) is 0.500. The van der Waals surface area contributed by atoms with Gasteiger partial charge in [0.2, 0.25) is 0 Å². The van der Waals surface area contributed by atoms with Crippen molar-refractivity contribution >= 4 is 0 Å². The summed E-state index contributed by atoms with van der Waals surface area (Å²) in [6.07, 6.45) is -5.27. The first-order valence-corrected chi connectivity index (χ1v) is 1.35. The van der Waals surface area contributed by atoms with Crippen LogP contribution in [0.4, 0.5) is 22.0 Å². The van der Waals surface area contributed by atoms with E-state index in [1.54, 1.807) is 0 Å². The lowest BCUT2D eigenvalue weighted by atomic mass is 11.3. The van der Waals surface area contributed by atoms with Crippen molar-refractivity contribution in [3.05, 3.63) is 6.61 Å². The maximum absolute atomic E-state index is 10.6. The summed E-state index contributed by atoms with van der Waals surface area (Å²) < 4.78 is 54.8. The van der Waals surface area contributed by atoms with Crippen LogP contribution in [0.5, 0.6) is 0 Å². The van der Waals surface area contributed by atoms with E-state index in [2.05, 4.69) is 0 Å². The smallest absolute Gasteiger partial charge is 0.219 e. The molecule has 0 aromatic carbocycles. The van der Waals surface area contributed by atoms with Gasteiger partial charge in [-0.3, -0.25) is 0 Å². The fourth-order valence-corrected chi connectivity index (χ4v) is 0.0875. The number of rotatable bonds is 1. The Bertz CT molecular complexity index is 65.3. The lowest BCUT2D eigenvalue weighted by Gasteiger charge is -2.01. The van der Waals surface area contributed by atoms with E-state index in [4.69, 9.17) is 0 Å². The summed E-state index contributed by atoms with van der Waals surface area (Å²) in [6, 6.07) is 0. The first kappa shape index (κ1) is 7.61. The molecule has 0 N–H and O–H groups in total. The van der Waals surface area contributed by atoms with Crippen LogP contribution in [-0.2, 0) is 4.74 Å². The molecule has 1 radical (unpaired) electrons. The van der Waals surface area contributed by atoms with Gasteiger partial charge in [0.25, 0.3) is 0 Å². The van der Waals surface area contributed by atoms with Gasteiger partial charge in [0.05, 0.1) is 0 Å². The van der Waals surface area contributed by atoms with Gasteiger partial charge in [-0.15, -0.1) is 13.2 Å². The molecule has 0 unspecified atom stereocenters. The first-order chi connectivity index (χ1) is 3.42. The van der Waals surface area contributed by atoms with Crippen LogP contribution < -0.4 is 0 Å². The Morgan fingerprint density at radius 3 is 1.50 bits per heavy atom. The average molecular weight is 135 g/mol. The van der Waals surface area contributed by atoms with Gasteiger partial charge in [-0.2, -0.15) is 8.78 Å². The van der Waals surface area contributed by atoms with Gasteiger partial charge in [-0.1, -0.05) is 0 Å². The second-order valence-electron chi connectivity index (χ2n) is 0.774. The molecule has 0 fully saturated rings. The van der Waals surface area contributed by atoms with Crippen molar-refractivity contribution in [2.45, 2.75) is 6.36 Å². The SMILES string of the molecule is F[C](F)OC(F)(F)F. The molecule has 0 atom stereocenters. The zero-order valence-corrected chi connectivity index (χ0v) is 3.30. The Hall–Kier alpha value is -0.390. The third-order valence-electron chi connectivity index (χ3n) is 0.193. The minimum atomic E-state index is -5.27. The monoisotopic (exact) mass is 135 g/mol. The quantitative estimate of drug-likeness (QED) is 0.499. The number of alkyl halides is 3. The van der Waals surface area contributed by atoms with Crippen LogP contribution in [0, 0.1) is 6.61 Å². The number of hydrogen-bond donors (Lipinski definition) is 0. The molecule has 0 aromatic heterocycles. The van der Waals surface area contributed by atoms with Crippen molar-refractivity contribution in [1.82, 2.24) is 0 Å². The van der Waals surface area contributed by atoms with Crippen molar-refractivity contribution in [2.24, 2.45) is 0 Å². The highest BCUT2D eigenvalue weighted by Crippen LogP contribution is 2.22. The van der Waals surface area contributed by atoms with Crippen LogP contribution in [0.3, 0.4) is 0 Å². The van der Waals surface area contributed by atoms with Gasteiger partial charge >= 0.3 is 13.0 Å². The second-order valence-corrected chi connectivity index (χ2v) is 0.774. The van der Waals surface area contributed by atoms with Gasteiger partial charge in [0.15, 0.2) is 0 Å². The molecule has 6 heteroatoms. The molecular formula is C2F5O. The first-order valence-electron chi connectivity index (χ1n) is 1.35. The molecule has 49 valence electrons. The predicted octanol–water partition coefficient (Wildman–Crippen LogP) is 1.91. The maximum atomic E-state index is 10.6. The largest absolute Gasteiger partial charge is 0.527 e. The molecule has 0 spiro atoms. The van der Waals surface area contributed by atoms with Crippen LogP contribution in [0.2, 0.25) is 0 Å². The van der Waals surface area contributed by atoms with Crippen LogP contribution >= 0.6 is 0 Å². The van der Waals surface area contributed by atoms with E-state index in [0.29, 0.717) is 0 Å². The molecule has 1 nitrogen and oxygen atoms in total. The van der Waals surface area contributed by atoms with Crippen LogP contribution in [0.15, 0.2) is 0 Å². The Morgan fingerprint density at radius 2 is 1.50 bits per heavy atom. The predicted molar refractivity (Wildman–Crippen MR) is 12.6 cm³/mol. The molecule has 0 heterocycles. The Morgan fingerprint density at radius 1 is 1.12 bits per heavy atom. The summed E-state index contributed by atoms with van der Waals surface area (Å²) in [6.45, 7) is -3.10. The minimum absolute atomic E-state index is 2.02. The highest BCUT2D eigenvalue weighted by atomic mass is 19.4. The van der Waals surface area contributed by atoms with E-state index in [1.807, 2.05) is 4.74 Å². The minimum Gasteiger partial charge on any atom is -0.219 e. The third-order valence-corrected chi connectivity index (χ3v) is 0.193. The van der Waals surface area contributed by atoms with Gasteiger partial charge in [0.1, 0.15) is 0 Å². The van der Waals surface area contributed by atoms with Gasteiger partial charge in [0, 0.05) is 0 Å². The van der Waals surface area contributed by atoms with Gasteiger partial charge in [-0.25, -0.2) is 4.74 Å². The molecule has 0 aliphatic heterocycles. The number of ether oxygens (including phenoxy) is 1. The zero-order chi connectivity index (χ0) is 6.78. The second kappa shape index (κ2) is 2.25. The summed E-state index contributed by atoms with van der Waals surface area (Å²) in [7, 11) is 0. The maximum Gasteiger partial charge on any atom is 0.527 e. The zero-order valence-electron chi connectivity index (χ0n) is 3.30. The topological polar surface area (TPSA) is 9.23 Å². The van der Waals surface area contributed by atoms with Crippen molar-refractivity contribution in [3.63, 3.8) is 0 Å². The summed E-state index contributed by atoms with van der Waals surface area (Å²) in [5, 5.41) is 0. The highest BCUT2D eigenvalue weighted by molar-refractivity contribution is 4.38. The average Bonchev–Trinajstić information content (AvgIpc) is 1.21. The highest BCUT2D eigenvalue weighted by Gasteiger charge is 2.35. The van der Waals surface area contributed by atoms with E-state index in [1.165, 1.54) is 0 Å². The Balaban J connectivity index is 3.39. The molecule has 0 rings (SSSR count). The molecule has 0 aliphatic carbocycles. The van der Waals surface area contributed by atoms with Crippen molar-refractivity contribution < 1.29 is 26.7 Å². The van der Waals surface area contributed by atoms with Crippen molar-refractivity contribution in [2.75, 3.05) is 0 Å². The normalized spacial score (nSPS) is 12.8. The summed E-state index contributed by atoms with van der Waals surface area (Å²) >= 11 is 0. The number of hydrogen-bond acceptors (Lipinski definition) is 1. The lowest BCUT2D eigenvalue weighted by Crippen LogP contribution is -2.12. The molecule has 8 heavy (non-hydrogen) atoms. The van der Waals surface area contributed by atoms with E-state index in [0.717, 1.165) is 0 Å². The Labute approximate surface area is 41.0 Å². The van der Waals surface area contributed by atoms with Crippen LogP contribution in [0.1, 0.15) is 0 Å². The standard InChI is InChI=1S/C2F5O/c3-1(4)8-2(5,6)7. The summed E-state index contributed by atoms with van der Waals surface area (Å²) in [5.41, 5.74) is 0. The summed E-state index contributed by atoms with van der Waals surface area (Å²) in [4.78, 5) is 0. The van der Waals surface area contributed by atoms with Gasteiger partial charge in [-0.05, 0) is 0 Å². The van der Waals surface area contributed by atoms with E-state index in [-0.39, 0.29) is 0 Å². The fourth-order valence-electron chi connectivity index (χ4n) is 0.0875. The Kier molecular flexibility index (Phi) is 2.14. The molecule has 0 aromatic rings. The van der Waals surface area contributed by atoms with E-state index >= 15 is 0 Å². The molecule has 0 amide bonds. The molecule has 0 saturated carbocycles. The molecule has 0 saturated heterocycles. The van der Waals surface area contributed by atoms with Crippen LogP contribution in [0.25, 0.3) is 0 Å². The number of halogens is 5. The third kappa shape index (κ3) is 5.61. The van der Waals surface area contributed by atoms with Gasteiger partial charge < -0.3 is 0 Å². The van der Waals surface area contributed by atoms with E-state index in [9.17, 15) is 22.0 Å². The molecule has 0 aliphatic rings.